The summed E-state index contributed by atoms with van der Waals surface area (Å²) in [7, 11) is 0. The lowest BCUT2D eigenvalue weighted by Gasteiger charge is -2.20. The Balaban J connectivity index is 1.92. The first kappa shape index (κ1) is 16.0. The normalized spacial score (nSPS) is 16.7. The maximum absolute atomic E-state index is 12.5. The van der Waals surface area contributed by atoms with Crippen LogP contribution in [-0.2, 0) is 0 Å². The zero-order valence-corrected chi connectivity index (χ0v) is 13.9. The predicted octanol–water partition coefficient (Wildman–Crippen LogP) is 2.88. The molecule has 5 nitrogen and oxygen atoms in total. The average Bonchev–Trinajstić information content (AvgIpc) is 2.92. The van der Waals surface area contributed by atoms with Gasteiger partial charge in [0.2, 0.25) is 0 Å². The van der Waals surface area contributed by atoms with Crippen LogP contribution in [0.25, 0.3) is 5.52 Å². The van der Waals surface area contributed by atoms with Crippen LogP contribution in [-0.4, -0.2) is 32.5 Å². The summed E-state index contributed by atoms with van der Waals surface area (Å²) in [5, 5.41) is 12.6. The minimum Gasteiger partial charge on any atom is -0.389 e. The lowest BCUT2D eigenvalue weighted by molar-refractivity contribution is 0.0693. The van der Waals surface area contributed by atoms with E-state index in [4.69, 9.17) is 0 Å². The second-order valence-corrected chi connectivity index (χ2v) is 7.10. The van der Waals surface area contributed by atoms with Crippen LogP contribution in [0.3, 0.4) is 0 Å². The summed E-state index contributed by atoms with van der Waals surface area (Å²) in [4.78, 5) is 17.2. The number of nitrogens with zero attached hydrogens (tertiary/aromatic N) is 2. The van der Waals surface area contributed by atoms with Crippen LogP contribution < -0.4 is 5.32 Å². The number of carbonyl (C=O) groups excluding carboxylic acids is 1. The van der Waals surface area contributed by atoms with E-state index in [1.165, 1.54) is 19.3 Å². The van der Waals surface area contributed by atoms with Gasteiger partial charge in [-0.05, 0) is 38.8 Å². The molecule has 23 heavy (non-hydrogen) atoms. The molecular formula is C18H25N3O2. The molecule has 2 N–H and O–H groups in total. The molecule has 2 heterocycles. The molecule has 1 aliphatic rings. The van der Waals surface area contributed by atoms with Crippen molar-refractivity contribution in [3.63, 3.8) is 0 Å². The number of carbonyl (C=O) groups is 1. The Kier molecular flexibility index (Phi) is 4.39. The highest BCUT2D eigenvalue weighted by atomic mass is 16.3. The number of amides is 1. The maximum atomic E-state index is 12.5. The zero-order chi connectivity index (χ0) is 16.4. The Morgan fingerprint density at radius 2 is 2.09 bits per heavy atom. The van der Waals surface area contributed by atoms with Gasteiger partial charge < -0.3 is 14.8 Å². The lowest BCUT2D eigenvalue weighted by Crippen LogP contribution is -2.38. The van der Waals surface area contributed by atoms with E-state index in [-0.39, 0.29) is 12.5 Å². The highest BCUT2D eigenvalue weighted by Crippen LogP contribution is 2.33. The van der Waals surface area contributed by atoms with E-state index < -0.39 is 5.60 Å². The van der Waals surface area contributed by atoms with Crippen molar-refractivity contribution in [2.75, 3.05) is 6.54 Å². The molecular weight excluding hydrogens is 290 g/mol. The van der Waals surface area contributed by atoms with Crippen LogP contribution in [0.1, 0.15) is 68.2 Å². The van der Waals surface area contributed by atoms with Gasteiger partial charge >= 0.3 is 0 Å². The van der Waals surface area contributed by atoms with Gasteiger partial charge in [0.1, 0.15) is 5.82 Å². The molecule has 0 radical (unpaired) electrons. The Hall–Kier alpha value is -1.88. The van der Waals surface area contributed by atoms with Crippen LogP contribution in [0.5, 0.6) is 0 Å². The summed E-state index contributed by atoms with van der Waals surface area (Å²) in [5.41, 5.74) is 0.356. The fourth-order valence-corrected chi connectivity index (χ4v) is 3.26. The Labute approximate surface area is 136 Å². The summed E-state index contributed by atoms with van der Waals surface area (Å²) >= 11 is 0. The molecule has 3 rings (SSSR count). The molecule has 0 saturated heterocycles. The average molecular weight is 315 g/mol. The van der Waals surface area contributed by atoms with Crippen LogP contribution in [0.4, 0.5) is 0 Å². The van der Waals surface area contributed by atoms with Crippen LogP contribution in [0.15, 0.2) is 24.4 Å². The number of fused-ring (bicyclic) bond motifs is 1. The maximum Gasteiger partial charge on any atom is 0.272 e. The molecule has 0 atom stereocenters. The number of pyridine rings is 1. The summed E-state index contributed by atoms with van der Waals surface area (Å²) in [6, 6.07) is 5.83. The smallest absolute Gasteiger partial charge is 0.272 e. The third-order valence-electron chi connectivity index (χ3n) is 4.44. The first-order chi connectivity index (χ1) is 11.0. The number of rotatable bonds is 4. The fourth-order valence-electron chi connectivity index (χ4n) is 3.26. The number of aliphatic hydroxyl groups is 1. The second-order valence-electron chi connectivity index (χ2n) is 7.10. The zero-order valence-electron chi connectivity index (χ0n) is 13.9. The predicted molar refractivity (Wildman–Crippen MR) is 89.6 cm³/mol. The summed E-state index contributed by atoms with van der Waals surface area (Å²) in [6.07, 6.45) is 8.01. The van der Waals surface area contributed by atoms with E-state index in [1.54, 1.807) is 13.8 Å². The molecule has 2 aromatic rings. The van der Waals surface area contributed by atoms with Gasteiger partial charge in [-0.3, -0.25) is 4.79 Å². The van der Waals surface area contributed by atoms with Crippen molar-refractivity contribution in [1.82, 2.24) is 14.7 Å². The first-order valence-electron chi connectivity index (χ1n) is 8.43. The minimum absolute atomic E-state index is 0.205. The third kappa shape index (κ3) is 3.55. The molecule has 5 heteroatoms. The number of aromatic nitrogens is 2. The van der Waals surface area contributed by atoms with Crippen molar-refractivity contribution < 1.29 is 9.90 Å². The standard InChI is InChI=1S/C18H25N3O2/c1-18(2,23)12-19-17(22)15-14-10-6-7-11-21(14)16(20-15)13-8-4-3-5-9-13/h6-7,10-11,13,23H,3-5,8-9,12H2,1-2H3,(H,19,22). The van der Waals surface area contributed by atoms with Gasteiger partial charge in [-0.2, -0.15) is 0 Å². The molecule has 0 aliphatic heterocycles. The largest absolute Gasteiger partial charge is 0.389 e. The Bertz CT molecular complexity index is 694. The molecule has 0 unspecified atom stereocenters. The van der Waals surface area contributed by atoms with E-state index >= 15 is 0 Å². The van der Waals surface area contributed by atoms with Gasteiger partial charge in [-0.15, -0.1) is 0 Å². The van der Waals surface area contributed by atoms with E-state index in [2.05, 4.69) is 14.7 Å². The van der Waals surface area contributed by atoms with E-state index in [1.807, 2.05) is 24.4 Å². The van der Waals surface area contributed by atoms with E-state index in [0.29, 0.717) is 11.6 Å². The fraction of sp³-hybridized carbons (Fsp3) is 0.556. The minimum atomic E-state index is -0.933. The van der Waals surface area contributed by atoms with Gasteiger partial charge in [0, 0.05) is 18.7 Å². The van der Waals surface area contributed by atoms with E-state index in [0.717, 1.165) is 24.2 Å². The molecule has 1 saturated carbocycles. The van der Waals surface area contributed by atoms with Crippen LogP contribution >= 0.6 is 0 Å². The van der Waals surface area contributed by atoms with Crippen molar-refractivity contribution in [2.24, 2.45) is 0 Å². The quantitative estimate of drug-likeness (QED) is 0.911. The van der Waals surface area contributed by atoms with Crippen molar-refractivity contribution in [3.8, 4) is 0 Å². The van der Waals surface area contributed by atoms with Gasteiger partial charge in [0.05, 0.1) is 11.1 Å². The van der Waals surface area contributed by atoms with Gasteiger partial charge in [-0.1, -0.05) is 25.3 Å². The molecule has 2 aromatic heterocycles. The highest BCUT2D eigenvalue weighted by molar-refractivity contribution is 5.99. The molecule has 1 amide bonds. The monoisotopic (exact) mass is 315 g/mol. The molecule has 1 fully saturated rings. The lowest BCUT2D eigenvalue weighted by atomic mass is 9.89. The van der Waals surface area contributed by atoms with Crippen LogP contribution in [0.2, 0.25) is 0 Å². The second kappa shape index (κ2) is 6.32. The Morgan fingerprint density at radius 3 is 2.78 bits per heavy atom. The molecule has 0 aromatic carbocycles. The third-order valence-corrected chi connectivity index (χ3v) is 4.44. The topological polar surface area (TPSA) is 66.6 Å². The molecule has 1 aliphatic carbocycles. The van der Waals surface area contributed by atoms with E-state index in [9.17, 15) is 9.90 Å². The van der Waals surface area contributed by atoms with Gasteiger partial charge in [0.25, 0.3) is 5.91 Å². The van der Waals surface area contributed by atoms with Crippen molar-refractivity contribution in [3.05, 3.63) is 35.9 Å². The van der Waals surface area contributed by atoms with Crippen molar-refractivity contribution in [2.45, 2.75) is 57.5 Å². The highest BCUT2D eigenvalue weighted by Gasteiger charge is 2.25. The number of nitrogens with one attached hydrogen (secondary N) is 1. The number of hydrogen-bond donors (Lipinski definition) is 2. The van der Waals surface area contributed by atoms with Crippen molar-refractivity contribution >= 4 is 11.4 Å². The van der Waals surface area contributed by atoms with Crippen molar-refractivity contribution in [1.29, 1.82) is 0 Å². The number of hydrogen-bond acceptors (Lipinski definition) is 3. The first-order valence-corrected chi connectivity index (χ1v) is 8.43. The summed E-state index contributed by atoms with van der Waals surface area (Å²) in [5.74, 6) is 1.20. The summed E-state index contributed by atoms with van der Waals surface area (Å²) < 4.78 is 2.05. The van der Waals surface area contributed by atoms with Crippen LogP contribution in [0, 0.1) is 0 Å². The number of imidazole rings is 1. The van der Waals surface area contributed by atoms with Gasteiger partial charge in [0.15, 0.2) is 5.69 Å². The Morgan fingerprint density at radius 1 is 1.35 bits per heavy atom. The van der Waals surface area contributed by atoms with Gasteiger partial charge in [-0.25, -0.2) is 4.98 Å². The summed E-state index contributed by atoms with van der Waals surface area (Å²) in [6.45, 7) is 3.55. The molecule has 0 bridgehead atoms. The molecule has 0 spiro atoms. The molecule has 124 valence electrons. The SMILES string of the molecule is CC(C)(O)CNC(=O)c1nc(C2CCCCC2)n2ccccc12.